The molecule has 0 spiro atoms. The van der Waals surface area contributed by atoms with Crippen LogP contribution in [0.3, 0.4) is 0 Å². The molecule has 4 heterocycles. The summed E-state index contributed by atoms with van der Waals surface area (Å²) in [6.07, 6.45) is 2.44. The molecule has 2 atom stereocenters. The topological polar surface area (TPSA) is 111 Å². The van der Waals surface area contributed by atoms with Gasteiger partial charge >= 0.3 is 6.03 Å². The Morgan fingerprint density at radius 1 is 0.906 bits per heavy atom. The van der Waals surface area contributed by atoms with Crippen LogP contribution in [0.15, 0.2) is 65.8 Å². The first kappa shape index (κ1) is 38.5. The number of nitrogens with zero attached hydrogens (tertiary/aromatic N) is 6. The first-order valence-corrected chi connectivity index (χ1v) is 19.0. The van der Waals surface area contributed by atoms with Crippen molar-refractivity contribution in [3.05, 3.63) is 93.2 Å². The van der Waals surface area contributed by atoms with Gasteiger partial charge in [-0.1, -0.05) is 68.2 Å². The minimum Gasteiger partial charge on any atom is -0.493 e. The van der Waals surface area contributed by atoms with Gasteiger partial charge in [-0.15, -0.1) is 0 Å². The summed E-state index contributed by atoms with van der Waals surface area (Å²) in [7, 11) is 0. The molecule has 6 rings (SSSR count). The summed E-state index contributed by atoms with van der Waals surface area (Å²) in [5.41, 5.74) is 0.863. The van der Waals surface area contributed by atoms with Gasteiger partial charge in [-0.05, 0) is 62.6 Å². The Kier molecular flexibility index (Phi) is 11.1. The molecular formula is C40H49Cl2N7O4. The quantitative estimate of drug-likeness (QED) is 0.314. The molecule has 0 aliphatic carbocycles. The number of piperazine rings is 1. The van der Waals surface area contributed by atoms with E-state index in [1.54, 1.807) is 11.1 Å². The summed E-state index contributed by atoms with van der Waals surface area (Å²) in [5, 5.41) is 3.94. The maximum absolute atomic E-state index is 15.4. The van der Waals surface area contributed by atoms with Gasteiger partial charge in [-0.3, -0.25) is 29.4 Å². The third-order valence-corrected chi connectivity index (χ3v) is 11.2. The number of hydrogen-bond donors (Lipinski definition) is 1. The zero-order valence-electron chi connectivity index (χ0n) is 31.4. The van der Waals surface area contributed by atoms with Crippen molar-refractivity contribution in [1.29, 1.82) is 0 Å². The maximum Gasteiger partial charge on any atom is 0.326 e. The molecule has 0 saturated carbocycles. The van der Waals surface area contributed by atoms with Crippen molar-refractivity contribution in [2.75, 3.05) is 59.0 Å². The Hall–Kier alpha value is -4.19. The molecule has 3 aromatic rings. The standard InChI is InChI=1S/C40H49Cl2N7O4/c1-7-53-32-23-33(38(2,3)4)44-24-31(32)36-45-39(5,27-9-13-29(41)14-10-27)40(6,28-11-15-30(42)16-12-28)49(36)37(52)47-19-8-18-46(21-22-47)26-35(51)48-20-17-43-34(50)25-48/h9-16,23-24H,7-8,17-22,25-26H2,1-6H3,(H,43,50)/t39-,40+/m0/s1. The van der Waals surface area contributed by atoms with Crippen molar-refractivity contribution >= 4 is 46.9 Å². The Labute approximate surface area is 322 Å². The third-order valence-electron chi connectivity index (χ3n) is 10.7. The molecule has 0 bridgehead atoms. The highest BCUT2D eigenvalue weighted by molar-refractivity contribution is 6.30. The minimum absolute atomic E-state index is 0.0688. The Bertz CT molecular complexity index is 1880. The second-order valence-electron chi connectivity index (χ2n) is 15.2. The van der Waals surface area contributed by atoms with E-state index < -0.39 is 11.1 Å². The second-order valence-corrected chi connectivity index (χ2v) is 16.1. The van der Waals surface area contributed by atoms with E-state index in [1.807, 2.05) is 85.2 Å². The van der Waals surface area contributed by atoms with Crippen LogP contribution in [-0.2, 0) is 26.1 Å². The van der Waals surface area contributed by atoms with Crippen LogP contribution in [0, 0.1) is 0 Å². The van der Waals surface area contributed by atoms with Crippen molar-refractivity contribution < 1.29 is 19.1 Å². The molecule has 0 unspecified atom stereocenters. The highest BCUT2D eigenvalue weighted by Crippen LogP contribution is 2.54. The van der Waals surface area contributed by atoms with Crippen molar-refractivity contribution in [2.24, 2.45) is 4.99 Å². The van der Waals surface area contributed by atoms with Crippen LogP contribution >= 0.6 is 23.2 Å². The number of ether oxygens (including phenoxy) is 1. The molecule has 282 valence electrons. The lowest BCUT2D eigenvalue weighted by molar-refractivity contribution is -0.139. The Morgan fingerprint density at radius 3 is 2.19 bits per heavy atom. The molecular weight excluding hydrogens is 713 g/mol. The molecule has 4 amide bonds. The molecule has 3 aliphatic rings. The SMILES string of the molecule is CCOc1cc(C(C)(C)C)ncc1C1=N[C@@](C)(c2ccc(Cl)cc2)[C@@](C)(c2ccc(Cl)cc2)N1C(=O)N1CCCN(CC(=O)N2CCNC(=O)C2)CC1. The lowest BCUT2D eigenvalue weighted by atomic mass is 9.71. The van der Waals surface area contributed by atoms with Crippen LogP contribution in [-0.4, -0.2) is 107 Å². The molecule has 13 heteroatoms. The minimum atomic E-state index is -1.07. The molecule has 11 nitrogen and oxygen atoms in total. The molecule has 53 heavy (non-hydrogen) atoms. The molecule has 2 aromatic carbocycles. The molecule has 0 radical (unpaired) electrons. The van der Waals surface area contributed by atoms with Gasteiger partial charge in [0, 0.05) is 72.7 Å². The van der Waals surface area contributed by atoms with Crippen LogP contribution in [0.1, 0.15) is 70.3 Å². The van der Waals surface area contributed by atoms with E-state index in [-0.39, 0.29) is 36.3 Å². The third kappa shape index (κ3) is 7.61. The van der Waals surface area contributed by atoms with Gasteiger partial charge < -0.3 is 19.9 Å². The number of hydrogen-bond acceptors (Lipinski definition) is 7. The van der Waals surface area contributed by atoms with Gasteiger partial charge in [0.1, 0.15) is 22.7 Å². The summed E-state index contributed by atoms with van der Waals surface area (Å²) < 4.78 is 6.29. The van der Waals surface area contributed by atoms with E-state index in [4.69, 9.17) is 37.9 Å². The first-order chi connectivity index (χ1) is 25.2. The summed E-state index contributed by atoms with van der Waals surface area (Å²) in [4.78, 5) is 58.3. The Morgan fingerprint density at radius 2 is 1.57 bits per heavy atom. The van der Waals surface area contributed by atoms with Crippen molar-refractivity contribution in [2.45, 2.75) is 64.5 Å². The Balaban J connectivity index is 1.44. The second kappa shape index (κ2) is 15.3. The average molecular weight is 763 g/mol. The van der Waals surface area contributed by atoms with Crippen LogP contribution in [0.5, 0.6) is 5.75 Å². The smallest absolute Gasteiger partial charge is 0.326 e. The van der Waals surface area contributed by atoms with E-state index in [9.17, 15) is 9.59 Å². The summed E-state index contributed by atoms with van der Waals surface area (Å²) in [6, 6.07) is 16.9. The van der Waals surface area contributed by atoms with E-state index in [0.717, 1.165) is 16.8 Å². The number of pyridine rings is 1. The van der Waals surface area contributed by atoms with Crippen molar-refractivity contribution in [3.8, 4) is 5.75 Å². The number of urea groups is 1. The summed E-state index contributed by atoms with van der Waals surface area (Å²) in [5.74, 6) is 0.804. The number of nitrogens with one attached hydrogen (secondary N) is 1. The number of rotatable bonds is 7. The van der Waals surface area contributed by atoms with E-state index >= 15 is 4.79 Å². The maximum atomic E-state index is 15.4. The predicted molar refractivity (Wildman–Crippen MR) is 208 cm³/mol. The van der Waals surface area contributed by atoms with Crippen molar-refractivity contribution in [1.82, 2.24) is 29.9 Å². The number of aliphatic imine (C=N–C) groups is 1. The fourth-order valence-electron chi connectivity index (χ4n) is 7.46. The van der Waals surface area contributed by atoms with Gasteiger partial charge in [-0.2, -0.15) is 0 Å². The first-order valence-electron chi connectivity index (χ1n) is 18.3. The lowest BCUT2D eigenvalue weighted by Gasteiger charge is -2.46. The highest BCUT2D eigenvalue weighted by atomic mass is 35.5. The van der Waals surface area contributed by atoms with Gasteiger partial charge in [0.15, 0.2) is 0 Å². The van der Waals surface area contributed by atoms with Gasteiger partial charge in [-0.25, -0.2) is 4.79 Å². The van der Waals surface area contributed by atoms with Crippen LogP contribution in [0.4, 0.5) is 4.79 Å². The van der Waals surface area contributed by atoms with E-state index in [0.29, 0.717) is 79.5 Å². The number of amidine groups is 1. The number of aromatic nitrogens is 1. The molecule has 3 aliphatic heterocycles. The molecule has 1 N–H and O–H groups in total. The van der Waals surface area contributed by atoms with E-state index in [1.165, 1.54) is 0 Å². The normalized spacial score (nSPS) is 22.7. The predicted octanol–water partition coefficient (Wildman–Crippen LogP) is 6.06. The van der Waals surface area contributed by atoms with Crippen LogP contribution in [0.2, 0.25) is 10.0 Å². The summed E-state index contributed by atoms with van der Waals surface area (Å²) in [6.45, 7) is 15.9. The highest BCUT2D eigenvalue weighted by Gasteiger charge is 2.60. The zero-order chi connectivity index (χ0) is 38.1. The zero-order valence-corrected chi connectivity index (χ0v) is 32.9. The molecule has 2 fully saturated rings. The number of benzene rings is 2. The van der Waals surface area contributed by atoms with Crippen molar-refractivity contribution in [3.63, 3.8) is 0 Å². The number of carbonyl (C=O) groups is 3. The van der Waals surface area contributed by atoms with Crippen LogP contribution < -0.4 is 10.1 Å². The number of halogens is 2. The fourth-order valence-corrected chi connectivity index (χ4v) is 7.71. The van der Waals surface area contributed by atoms with Crippen LogP contribution in [0.25, 0.3) is 0 Å². The lowest BCUT2D eigenvalue weighted by Crippen LogP contribution is -2.58. The molecule has 1 aromatic heterocycles. The van der Waals surface area contributed by atoms with E-state index in [2.05, 4.69) is 31.0 Å². The largest absolute Gasteiger partial charge is 0.493 e. The summed E-state index contributed by atoms with van der Waals surface area (Å²) >= 11 is 12.8. The monoisotopic (exact) mass is 761 g/mol. The average Bonchev–Trinajstić information content (AvgIpc) is 3.22. The number of carbonyl (C=O) groups excluding carboxylic acids is 3. The van der Waals surface area contributed by atoms with Gasteiger partial charge in [0.25, 0.3) is 0 Å². The van der Waals surface area contributed by atoms with Gasteiger partial charge in [0.05, 0.1) is 25.3 Å². The van der Waals surface area contributed by atoms with Gasteiger partial charge in [0.2, 0.25) is 11.8 Å². The fraction of sp³-hybridized carbons (Fsp3) is 0.475. The molecule has 2 saturated heterocycles. The number of amides is 4.